The summed E-state index contributed by atoms with van der Waals surface area (Å²) < 4.78 is 1.16. The Bertz CT molecular complexity index is 273. The lowest BCUT2D eigenvalue weighted by atomic mass is 10.2. The van der Waals surface area contributed by atoms with Gasteiger partial charge in [-0.3, -0.25) is 0 Å². The molecule has 1 aliphatic carbocycles. The molecule has 1 fully saturated rings. The predicted octanol–water partition coefficient (Wildman–Crippen LogP) is 3.12. The van der Waals surface area contributed by atoms with E-state index in [1.165, 1.54) is 18.4 Å². The number of halogens is 2. The second kappa shape index (κ2) is 4.99. The second-order valence-electron chi connectivity index (χ2n) is 3.29. The maximum absolute atomic E-state index is 3.48. The third-order valence-electron chi connectivity index (χ3n) is 2.06. The Kier molecular flexibility index (Phi) is 4.23. The van der Waals surface area contributed by atoms with Crippen LogP contribution in [0.25, 0.3) is 0 Å². The van der Waals surface area contributed by atoms with Crippen molar-refractivity contribution in [1.82, 2.24) is 5.32 Å². The van der Waals surface area contributed by atoms with Gasteiger partial charge in [0, 0.05) is 17.1 Å². The highest BCUT2D eigenvalue weighted by Crippen LogP contribution is 2.19. The van der Waals surface area contributed by atoms with E-state index >= 15 is 0 Å². The Morgan fingerprint density at radius 3 is 2.77 bits per heavy atom. The highest BCUT2D eigenvalue weighted by atomic mass is 79.9. The molecule has 1 nitrogen and oxygen atoms in total. The maximum Gasteiger partial charge on any atom is 0.0208 e. The molecular formula is C10H13BrClN. The van der Waals surface area contributed by atoms with E-state index < -0.39 is 0 Å². The van der Waals surface area contributed by atoms with Gasteiger partial charge in [-0.25, -0.2) is 0 Å². The van der Waals surface area contributed by atoms with Crippen LogP contribution in [0.1, 0.15) is 18.4 Å². The fraction of sp³-hybridized carbons (Fsp3) is 0.400. The largest absolute Gasteiger partial charge is 0.310 e. The monoisotopic (exact) mass is 261 g/mol. The first kappa shape index (κ1) is 11.0. The third kappa shape index (κ3) is 3.67. The SMILES string of the molecule is Brc1cccc(CNC2CC2)c1.Cl. The summed E-state index contributed by atoms with van der Waals surface area (Å²) in [6.45, 7) is 1.00. The van der Waals surface area contributed by atoms with Crippen molar-refractivity contribution in [2.45, 2.75) is 25.4 Å². The molecule has 2 rings (SSSR count). The van der Waals surface area contributed by atoms with Gasteiger partial charge in [-0.1, -0.05) is 28.1 Å². The minimum absolute atomic E-state index is 0. The number of hydrogen-bond acceptors (Lipinski definition) is 1. The third-order valence-corrected chi connectivity index (χ3v) is 2.55. The van der Waals surface area contributed by atoms with Crippen LogP contribution >= 0.6 is 28.3 Å². The van der Waals surface area contributed by atoms with E-state index in [1.807, 2.05) is 0 Å². The van der Waals surface area contributed by atoms with Gasteiger partial charge in [0.1, 0.15) is 0 Å². The van der Waals surface area contributed by atoms with E-state index in [-0.39, 0.29) is 12.4 Å². The topological polar surface area (TPSA) is 12.0 Å². The normalized spacial score (nSPS) is 15.2. The summed E-state index contributed by atoms with van der Waals surface area (Å²) in [5.74, 6) is 0. The van der Waals surface area contributed by atoms with Crippen molar-refractivity contribution in [3.05, 3.63) is 34.3 Å². The van der Waals surface area contributed by atoms with Crippen LogP contribution in [0, 0.1) is 0 Å². The van der Waals surface area contributed by atoms with E-state index in [9.17, 15) is 0 Å². The Morgan fingerprint density at radius 1 is 1.38 bits per heavy atom. The highest BCUT2D eigenvalue weighted by Gasteiger charge is 2.19. The molecular weight excluding hydrogens is 249 g/mol. The summed E-state index contributed by atoms with van der Waals surface area (Å²) in [7, 11) is 0. The van der Waals surface area contributed by atoms with Gasteiger partial charge in [0.15, 0.2) is 0 Å². The predicted molar refractivity (Wildman–Crippen MR) is 61.3 cm³/mol. The molecule has 0 atom stereocenters. The van der Waals surface area contributed by atoms with E-state index in [0.29, 0.717) is 0 Å². The van der Waals surface area contributed by atoms with Gasteiger partial charge in [-0.05, 0) is 30.5 Å². The van der Waals surface area contributed by atoms with Crippen LogP contribution in [0.5, 0.6) is 0 Å². The van der Waals surface area contributed by atoms with Gasteiger partial charge >= 0.3 is 0 Å². The summed E-state index contributed by atoms with van der Waals surface area (Å²) in [6, 6.07) is 9.24. The first-order valence-corrected chi connectivity index (χ1v) is 5.12. The molecule has 1 aromatic carbocycles. The minimum Gasteiger partial charge on any atom is -0.310 e. The number of nitrogens with one attached hydrogen (secondary N) is 1. The van der Waals surface area contributed by atoms with Crippen LogP contribution in [-0.4, -0.2) is 6.04 Å². The standard InChI is InChI=1S/C10H12BrN.ClH/c11-9-3-1-2-8(6-9)7-12-10-4-5-10;/h1-3,6,10,12H,4-5,7H2;1H. The number of rotatable bonds is 3. The molecule has 1 aromatic rings. The lowest BCUT2D eigenvalue weighted by molar-refractivity contribution is 0.687. The Labute approximate surface area is 93.5 Å². The molecule has 3 heteroatoms. The molecule has 0 amide bonds. The van der Waals surface area contributed by atoms with Crippen LogP contribution in [0.2, 0.25) is 0 Å². The Balaban J connectivity index is 0.000000845. The fourth-order valence-electron chi connectivity index (χ4n) is 1.20. The van der Waals surface area contributed by atoms with Gasteiger partial charge in [-0.2, -0.15) is 0 Å². The number of hydrogen-bond donors (Lipinski definition) is 1. The van der Waals surface area contributed by atoms with Crippen LogP contribution in [0.3, 0.4) is 0 Å². The van der Waals surface area contributed by atoms with Gasteiger partial charge in [-0.15, -0.1) is 12.4 Å². The quantitative estimate of drug-likeness (QED) is 0.882. The van der Waals surface area contributed by atoms with Gasteiger partial charge in [0.2, 0.25) is 0 Å². The van der Waals surface area contributed by atoms with Crippen LogP contribution in [-0.2, 0) is 6.54 Å². The zero-order valence-electron chi connectivity index (χ0n) is 7.29. The Hall–Kier alpha value is -0.0500. The highest BCUT2D eigenvalue weighted by molar-refractivity contribution is 9.10. The summed E-state index contributed by atoms with van der Waals surface area (Å²) in [5.41, 5.74) is 1.36. The summed E-state index contributed by atoms with van der Waals surface area (Å²) in [6.07, 6.45) is 2.71. The van der Waals surface area contributed by atoms with Crippen molar-refractivity contribution in [2.75, 3.05) is 0 Å². The first-order valence-electron chi connectivity index (χ1n) is 4.32. The van der Waals surface area contributed by atoms with Crippen LogP contribution in [0.15, 0.2) is 28.7 Å². The molecule has 0 radical (unpaired) electrons. The summed E-state index contributed by atoms with van der Waals surface area (Å²) in [5, 5.41) is 3.48. The van der Waals surface area contributed by atoms with Crippen molar-refractivity contribution in [3.8, 4) is 0 Å². The molecule has 0 saturated heterocycles. The second-order valence-corrected chi connectivity index (χ2v) is 4.20. The first-order chi connectivity index (χ1) is 5.84. The van der Waals surface area contributed by atoms with Gasteiger partial charge in [0.25, 0.3) is 0 Å². The molecule has 0 spiro atoms. The molecule has 1 N–H and O–H groups in total. The van der Waals surface area contributed by atoms with Crippen molar-refractivity contribution in [2.24, 2.45) is 0 Å². The molecule has 0 heterocycles. The Morgan fingerprint density at radius 2 is 2.15 bits per heavy atom. The van der Waals surface area contributed by atoms with E-state index in [1.54, 1.807) is 0 Å². The van der Waals surface area contributed by atoms with Crippen LogP contribution < -0.4 is 5.32 Å². The van der Waals surface area contributed by atoms with Crippen molar-refractivity contribution >= 4 is 28.3 Å². The lowest BCUT2D eigenvalue weighted by Crippen LogP contribution is -2.14. The van der Waals surface area contributed by atoms with E-state index in [2.05, 4.69) is 45.5 Å². The molecule has 1 saturated carbocycles. The lowest BCUT2D eigenvalue weighted by Gasteiger charge is -2.02. The van der Waals surface area contributed by atoms with Crippen molar-refractivity contribution < 1.29 is 0 Å². The molecule has 0 aliphatic heterocycles. The zero-order valence-corrected chi connectivity index (χ0v) is 9.70. The van der Waals surface area contributed by atoms with E-state index in [4.69, 9.17) is 0 Å². The summed E-state index contributed by atoms with van der Waals surface area (Å²) in [4.78, 5) is 0. The van der Waals surface area contributed by atoms with Gasteiger partial charge < -0.3 is 5.32 Å². The van der Waals surface area contributed by atoms with Gasteiger partial charge in [0.05, 0.1) is 0 Å². The smallest absolute Gasteiger partial charge is 0.0208 e. The van der Waals surface area contributed by atoms with Crippen molar-refractivity contribution in [3.63, 3.8) is 0 Å². The molecule has 0 aromatic heterocycles. The minimum atomic E-state index is 0. The maximum atomic E-state index is 3.48. The molecule has 72 valence electrons. The van der Waals surface area contributed by atoms with Crippen LogP contribution in [0.4, 0.5) is 0 Å². The van der Waals surface area contributed by atoms with Crippen molar-refractivity contribution in [1.29, 1.82) is 0 Å². The molecule has 1 aliphatic rings. The van der Waals surface area contributed by atoms with E-state index in [0.717, 1.165) is 17.1 Å². The number of benzene rings is 1. The average Bonchev–Trinajstić information content (AvgIpc) is 2.84. The molecule has 0 bridgehead atoms. The average molecular weight is 263 g/mol. The fourth-order valence-corrected chi connectivity index (χ4v) is 1.64. The molecule has 13 heavy (non-hydrogen) atoms. The molecule has 0 unspecified atom stereocenters. The summed E-state index contributed by atoms with van der Waals surface area (Å²) >= 11 is 3.46. The zero-order chi connectivity index (χ0) is 8.39.